The van der Waals surface area contributed by atoms with Gasteiger partial charge in [0.25, 0.3) is 0 Å². The van der Waals surface area contributed by atoms with Crippen LogP contribution in [0.25, 0.3) is 0 Å². The molecule has 0 aliphatic rings. The van der Waals surface area contributed by atoms with Crippen molar-refractivity contribution in [1.82, 2.24) is 20.2 Å². The summed E-state index contributed by atoms with van der Waals surface area (Å²) in [6.45, 7) is 11.2. The molecular formula is C33H51N5O2S. The van der Waals surface area contributed by atoms with Crippen molar-refractivity contribution in [2.24, 2.45) is 0 Å². The van der Waals surface area contributed by atoms with Crippen LogP contribution in [-0.2, 0) is 23.0 Å². The molecule has 2 aromatic carbocycles. The van der Waals surface area contributed by atoms with Crippen molar-refractivity contribution >= 4 is 15.7 Å². The molecule has 1 N–H and O–H groups in total. The Labute approximate surface area is 248 Å². The monoisotopic (exact) mass is 581 g/mol. The van der Waals surface area contributed by atoms with Gasteiger partial charge in [-0.3, -0.25) is 4.72 Å². The zero-order valence-corrected chi connectivity index (χ0v) is 26.7. The molecule has 41 heavy (non-hydrogen) atoms. The number of nitrogens with one attached hydrogen (secondary N) is 1. The van der Waals surface area contributed by atoms with Crippen LogP contribution in [-0.4, -0.2) is 28.6 Å². The summed E-state index contributed by atoms with van der Waals surface area (Å²) < 4.78 is 31.1. The molecule has 1 heterocycles. The van der Waals surface area contributed by atoms with Crippen molar-refractivity contribution in [3.8, 4) is 0 Å². The zero-order chi connectivity index (χ0) is 29.7. The Balaban J connectivity index is 1.72. The first kappa shape index (κ1) is 32.8. The lowest BCUT2D eigenvalue weighted by Crippen LogP contribution is -2.26. The smallest absolute Gasteiger partial charge is 0.243 e. The van der Waals surface area contributed by atoms with Crippen LogP contribution in [0.2, 0.25) is 0 Å². The molecule has 0 aliphatic heterocycles. The second-order valence-electron chi connectivity index (χ2n) is 11.9. The number of sulfonamides is 1. The Morgan fingerprint density at radius 3 is 1.88 bits per heavy atom. The number of para-hydroxylation sites is 1. The molecule has 0 radical (unpaired) electrons. The molecule has 7 nitrogen and oxygen atoms in total. The molecule has 0 aliphatic carbocycles. The highest BCUT2D eigenvalue weighted by Gasteiger charge is 2.33. The number of benzene rings is 2. The lowest BCUT2D eigenvalue weighted by atomic mass is 9.93. The fourth-order valence-corrected chi connectivity index (χ4v) is 6.72. The summed E-state index contributed by atoms with van der Waals surface area (Å²) in [6, 6.07) is 15.7. The van der Waals surface area contributed by atoms with Gasteiger partial charge in [0.15, 0.2) is 5.82 Å². The number of nitrogens with zero attached hydrogens (tertiary/aromatic N) is 4. The Morgan fingerprint density at radius 2 is 1.32 bits per heavy atom. The van der Waals surface area contributed by atoms with Crippen molar-refractivity contribution in [1.29, 1.82) is 0 Å². The molecule has 8 heteroatoms. The topological polar surface area (TPSA) is 89.8 Å². The second kappa shape index (κ2) is 16.6. The summed E-state index contributed by atoms with van der Waals surface area (Å²) in [6.07, 6.45) is 12.8. The van der Waals surface area contributed by atoms with E-state index in [1.54, 1.807) is 4.80 Å². The minimum atomic E-state index is -3.90. The van der Waals surface area contributed by atoms with Crippen LogP contribution in [0.4, 0.5) is 5.69 Å². The fraction of sp³-hybridized carbons (Fsp3) is 0.606. The SMILES string of the molecule is CCCCCCCCCCCCn1nnc(C(Cc2ccccc2)S(=O)(=O)Nc2c(C(C)C)cccc2C(C)C)n1. The van der Waals surface area contributed by atoms with Crippen LogP contribution in [0.3, 0.4) is 0 Å². The molecule has 0 spiro atoms. The summed E-state index contributed by atoms with van der Waals surface area (Å²) >= 11 is 0. The van der Waals surface area contributed by atoms with Crippen molar-refractivity contribution in [2.45, 2.75) is 129 Å². The van der Waals surface area contributed by atoms with Gasteiger partial charge in [-0.15, -0.1) is 10.2 Å². The number of aryl methyl sites for hydroxylation is 1. The predicted octanol–water partition coefficient (Wildman–Crippen LogP) is 8.57. The number of rotatable bonds is 19. The summed E-state index contributed by atoms with van der Waals surface area (Å²) in [4.78, 5) is 1.56. The van der Waals surface area contributed by atoms with E-state index in [2.05, 4.69) is 54.8 Å². The lowest BCUT2D eigenvalue weighted by Gasteiger charge is -2.23. The van der Waals surface area contributed by atoms with Gasteiger partial charge >= 0.3 is 0 Å². The van der Waals surface area contributed by atoms with Crippen LogP contribution < -0.4 is 4.72 Å². The summed E-state index contributed by atoms with van der Waals surface area (Å²) in [5.74, 6) is 0.569. The van der Waals surface area contributed by atoms with Crippen molar-refractivity contribution in [3.05, 3.63) is 71.0 Å². The maximum atomic E-state index is 14.1. The number of unbranched alkanes of at least 4 members (excludes halogenated alkanes) is 9. The molecule has 3 rings (SSSR count). The molecule has 1 unspecified atom stereocenters. The second-order valence-corrected chi connectivity index (χ2v) is 13.7. The highest BCUT2D eigenvalue weighted by Crippen LogP contribution is 2.35. The molecule has 0 amide bonds. The van der Waals surface area contributed by atoms with Gasteiger partial charge in [-0.05, 0) is 46.6 Å². The third kappa shape index (κ3) is 10.2. The van der Waals surface area contributed by atoms with Crippen molar-refractivity contribution in [2.75, 3.05) is 4.72 Å². The van der Waals surface area contributed by atoms with Gasteiger partial charge in [-0.2, -0.15) is 4.80 Å². The maximum Gasteiger partial charge on any atom is 0.243 e. The number of hydrogen-bond acceptors (Lipinski definition) is 5. The number of tetrazole rings is 1. The highest BCUT2D eigenvalue weighted by atomic mass is 32.2. The first-order chi connectivity index (χ1) is 19.7. The van der Waals surface area contributed by atoms with E-state index in [1.807, 2.05) is 48.5 Å². The number of hydrogen-bond donors (Lipinski definition) is 1. The van der Waals surface area contributed by atoms with Gasteiger partial charge in [0.2, 0.25) is 10.0 Å². The van der Waals surface area contributed by atoms with Crippen LogP contribution in [0.15, 0.2) is 48.5 Å². The highest BCUT2D eigenvalue weighted by molar-refractivity contribution is 7.92. The molecule has 1 atom stereocenters. The Kier molecular flexibility index (Phi) is 13.3. The van der Waals surface area contributed by atoms with E-state index in [4.69, 9.17) is 0 Å². The normalized spacial score (nSPS) is 12.8. The molecule has 1 aromatic heterocycles. The van der Waals surface area contributed by atoms with Crippen LogP contribution >= 0.6 is 0 Å². The zero-order valence-electron chi connectivity index (χ0n) is 25.8. The molecular weight excluding hydrogens is 530 g/mol. The van der Waals surface area contributed by atoms with Gasteiger partial charge in [-0.25, -0.2) is 8.42 Å². The largest absolute Gasteiger partial charge is 0.282 e. The average Bonchev–Trinajstić information content (AvgIpc) is 3.41. The van der Waals surface area contributed by atoms with E-state index in [9.17, 15) is 8.42 Å². The molecule has 3 aromatic rings. The maximum absolute atomic E-state index is 14.1. The van der Waals surface area contributed by atoms with E-state index in [-0.39, 0.29) is 24.1 Å². The van der Waals surface area contributed by atoms with E-state index < -0.39 is 15.3 Å². The third-order valence-corrected chi connectivity index (χ3v) is 9.34. The Hall–Kier alpha value is -2.74. The van der Waals surface area contributed by atoms with Gasteiger partial charge < -0.3 is 0 Å². The molecule has 0 saturated heterocycles. The summed E-state index contributed by atoms with van der Waals surface area (Å²) in [7, 11) is -3.90. The van der Waals surface area contributed by atoms with E-state index >= 15 is 0 Å². The van der Waals surface area contributed by atoms with E-state index in [0.29, 0.717) is 12.2 Å². The fourth-order valence-electron chi connectivity index (χ4n) is 5.27. The van der Waals surface area contributed by atoms with Gasteiger partial charge in [0.1, 0.15) is 5.25 Å². The third-order valence-electron chi connectivity index (χ3n) is 7.72. The Bertz CT molecular complexity index is 1250. The quantitative estimate of drug-likeness (QED) is 0.143. The van der Waals surface area contributed by atoms with Crippen LogP contribution in [0, 0.1) is 0 Å². The van der Waals surface area contributed by atoms with Crippen LogP contribution in [0.1, 0.15) is 138 Å². The Morgan fingerprint density at radius 1 is 0.756 bits per heavy atom. The van der Waals surface area contributed by atoms with Crippen molar-refractivity contribution in [3.63, 3.8) is 0 Å². The molecule has 226 valence electrons. The van der Waals surface area contributed by atoms with Gasteiger partial charge in [0, 0.05) is 0 Å². The average molecular weight is 582 g/mol. The van der Waals surface area contributed by atoms with Crippen LogP contribution in [0.5, 0.6) is 0 Å². The summed E-state index contributed by atoms with van der Waals surface area (Å²) in [5.41, 5.74) is 3.55. The number of anilines is 1. The first-order valence-electron chi connectivity index (χ1n) is 15.7. The standard InChI is InChI=1S/C33H51N5O2S/c1-6-7-8-9-10-11-12-13-14-18-24-38-35-33(34-37-38)31(25-28-20-16-15-17-21-28)41(39,40)36-32-29(26(2)3)22-19-23-30(32)27(4)5/h15-17,19-23,26-27,31,36H,6-14,18,24-25H2,1-5H3. The first-order valence-corrected chi connectivity index (χ1v) is 17.2. The van der Waals surface area contributed by atoms with E-state index in [1.165, 1.54) is 51.4 Å². The molecule has 0 saturated carbocycles. The predicted molar refractivity (Wildman–Crippen MR) is 170 cm³/mol. The molecule has 0 fully saturated rings. The lowest BCUT2D eigenvalue weighted by molar-refractivity contribution is 0.469. The van der Waals surface area contributed by atoms with E-state index in [0.717, 1.165) is 29.5 Å². The van der Waals surface area contributed by atoms with Gasteiger partial charge in [-0.1, -0.05) is 141 Å². The minimum Gasteiger partial charge on any atom is -0.282 e. The molecule has 0 bridgehead atoms. The summed E-state index contributed by atoms with van der Waals surface area (Å²) in [5, 5.41) is 12.1. The van der Waals surface area contributed by atoms with Crippen molar-refractivity contribution < 1.29 is 8.42 Å². The minimum absolute atomic E-state index is 0.166. The van der Waals surface area contributed by atoms with Gasteiger partial charge in [0.05, 0.1) is 12.2 Å². The number of aromatic nitrogens is 4.